The van der Waals surface area contributed by atoms with E-state index >= 15 is 0 Å². The molecule has 6 heterocycles. The van der Waals surface area contributed by atoms with Crippen LogP contribution in [0.1, 0.15) is 64.0 Å². The van der Waals surface area contributed by atoms with Crippen LogP contribution < -0.4 is 0 Å². The van der Waals surface area contributed by atoms with E-state index in [2.05, 4.69) is 44.8 Å². The molecular formula is C85H104O29S6+2. The van der Waals surface area contributed by atoms with Gasteiger partial charge in [-0.2, -0.15) is 37.0 Å². The monoisotopic (exact) mass is 1780 g/mol. The van der Waals surface area contributed by atoms with Crippen LogP contribution in [-0.4, -0.2) is 235 Å². The van der Waals surface area contributed by atoms with Gasteiger partial charge in [0.1, 0.15) is 84.1 Å². The van der Waals surface area contributed by atoms with Crippen molar-refractivity contribution < 1.29 is 134 Å². The number of aliphatic hydroxyl groups is 5. The van der Waals surface area contributed by atoms with Crippen molar-refractivity contribution in [3.63, 3.8) is 0 Å². The molecule has 19 atom stereocenters. The molecule has 35 heteroatoms. The van der Waals surface area contributed by atoms with Crippen molar-refractivity contribution in [3.05, 3.63) is 287 Å². The molecule has 0 radical (unpaired) electrons. The lowest BCUT2D eigenvalue weighted by Crippen LogP contribution is -2.49. The average Bonchev–Trinajstić information content (AvgIpc) is 1.58. The second-order valence-corrected chi connectivity index (χ2v) is 37.7. The standard InChI is InChI=1S/C37H40O9S2.C26H28O3S.C11H12O6S.C9H18O9S2.C2H4O2/c38-48(39,40)46-32-24-44-37(31-19-11-4-12-20-31)45-33(32)26-47-27-34(42-22-29-15-7-2-8-16-29)36(43-23-30-17-9-3-10-18-30)35(47)25-41-21-28-13-5-1-6-14-28;1-4-10-21(11-5-1)16-27-19-25-26(29-18-23-14-8-3-9-15-23)24(20-30-25)28-17-22-12-6-2-7-13-22;12-18(13)15-7-9-10(17-18)6-14-11(16-9)8-4-2-1-3-5-8;10-1-7(18-20(15,16)17)5(12)3-19-4-6(13)9(14)8(19)2-11;1-2(3)4/h1-20,32-37H,21-27H2;1-15,24-26H,16-20H2;1-5,9-11H,6-7H2;5-14H,1-4H2;1H3,(H,3,4)/p+2/t32-,33+,34-,35-,36+,37?,47?;24-,25-,26+;9-,10?,11?;5-,6+,7-,8+,9-,19?;/m1100./s1. The molecule has 0 aliphatic carbocycles. The van der Waals surface area contributed by atoms with Crippen molar-refractivity contribution in [1.82, 2.24) is 0 Å². The molecule has 0 bridgehead atoms. The highest BCUT2D eigenvalue weighted by atomic mass is 32.3. The Morgan fingerprint density at radius 2 is 0.950 bits per heavy atom. The Balaban J connectivity index is 0.000000179. The van der Waals surface area contributed by atoms with Crippen molar-refractivity contribution in [2.75, 3.05) is 75.0 Å². The second-order valence-electron chi connectivity index (χ2n) is 28.3. The molecule has 6 fully saturated rings. The number of hydrogen-bond donors (Lipinski definition) is 8. The fourth-order valence-electron chi connectivity index (χ4n) is 13.5. The molecule has 0 aromatic heterocycles. The first kappa shape index (κ1) is 95.5. The summed E-state index contributed by atoms with van der Waals surface area (Å²) in [5.41, 5.74) is 8.42. The number of carboxylic acid groups (broad SMARTS) is 1. The van der Waals surface area contributed by atoms with Crippen LogP contribution in [0, 0.1) is 0 Å². The second kappa shape index (κ2) is 49.1. The Hall–Kier alpha value is -6.71. The smallest absolute Gasteiger partial charge is 0.400 e. The van der Waals surface area contributed by atoms with Crippen LogP contribution in [0.2, 0.25) is 0 Å². The summed E-state index contributed by atoms with van der Waals surface area (Å²) in [4.78, 5) is 9.00. The van der Waals surface area contributed by atoms with E-state index in [9.17, 15) is 45.1 Å². The average molecular weight is 1780 g/mol. The molecule has 0 spiro atoms. The Bertz CT molecular complexity index is 4580. The maximum absolute atomic E-state index is 11.9. The minimum atomic E-state index is -4.82. The van der Waals surface area contributed by atoms with Crippen molar-refractivity contribution in [3.8, 4) is 0 Å². The van der Waals surface area contributed by atoms with Crippen LogP contribution in [0.4, 0.5) is 0 Å². The maximum Gasteiger partial charge on any atom is 0.400 e. The predicted octanol–water partition coefficient (Wildman–Crippen LogP) is 8.26. The van der Waals surface area contributed by atoms with Gasteiger partial charge in [-0.15, -0.1) is 0 Å². The largest absolute Gasteiger partial charge is 0.481 e. The number of thioether (sulfide) groups is 1. The summed E-state index contributed by atoms with van der Waals surface area (Å²) >= 11 is 1.89. The van der Waals surface area contributed by atoms with Gasteiger partial charge in [0, 0.05) is 45.6 Å². The first-order chi connectivity index (χ1) is 57.9. The highest BCUT2D eigenvalue weighted by Gasteiger charge is 2.56. The number of ether oxygens (including phenoxy) is 10. The first-order valence-electron chi connectivity index (χ1n) is 38.6. The Kier molecular flexibility index (Phi) is 39.1. The van der Waals surface area contributed by atoms with Gasteiger partial charge < -0.3 is 78.0 Å². The molecule has 0 amide bonds. The fourth-order valence-corrected chi connectivity index (χ4v) is 22.3. The Morgan fingerprint density at radius 3 is 1.42 bits per heavy atom. The van der Waals surface area contributed by atoms with Crippen LogP contribution in [0.25, 0.3) is 0 Å². The third-order valence-electron chi connectivity index (χ3n) is 19.4. The molecule has 0 saturated carbocycles. The highest BCUT2D eigenvalue weighted by molar-refractivity contribution is 8.00. The van der Waals surface area contributed by atoms with E-state index in [1.807, 2.05) is 218 Å². The number of fused-ring (bicyclic) bond motifs is 1. The van der Waals surface area contributed by atoms with E-state index < -0.39 is 139 Å². The SMILES string of the molecule is CC(=O)O.O=S(=O)(O)O[C@@H](CO)[C@@H](O)C[S+]1C[C@@H](O)[C@H](O)[C@H]1CO.O=S(=O)(O)O[C@@H]1COC(c2ccccc2)O[C@H]1C[S+]1C[C@@H](OCc2ccccc2)[C@H](OCc2ccccc2)[C@H]1COCc1ccccc1.O=S1(=O)OC[C@@H]2OC(c3ccccc3)OCC2O1.c1ccc(COC[C@H]2SC[C@@H](OCc3ccccc3)[C@@H]2OCc2ccccc2)cc1. The molecule has 120 heavy (non-hydrogen) atoms. The van der Waals surface area contributed by atoms with Gasteiger partial charge in [-0.25, -0.2) is 16.7 Å². The van der Waals surface area contributed by atoms with Crippen molar-refractivity contribution in [2.45, 2.75) is 148 Å². The highest BCUT2D eigenvalue weighted by Crippen LogP contribution is 2.38. The van der Waals surface area contributed by atoms with Gasteiger partial charge in [-0.3, -0.25) is 13.9 Å². The van der Waals surface area contributed by atoms with E-state index in [1.165, 1.54) is 16.7 Å². The minimum absolute atomic E-state index is 0.00897. The number of aliphatic hydroxyl groups excluding tert-OH is 5. The lowest BCUT2D eigenvalue weighted by Gasteiger charge is -2.37. The summed E-state index contributed by atoms with van der Waals surface area (Å²) in [6, 6.07) is 79.9. The quantitative estimate of drug-likeness (QED) is 0.0142. The van der Waals surface area contributed by atoms with Crippen molar-refractivity contribution in [1.29, 1.82) is 0 Å². The first-order valence-corrected chi connectivity index (χ1v) is 47.0. The van der Waals surface area contributed by atoms with E-state index in [-0.39, 0.29) is 66.2 Å². The van der Waals surface area contributed by atoms with E-state index in [0.717, 1.165) is 40.5 Å². The lowest BCUT2D eigenvalue weighted by atomic mass is 10.1. The zero-order chi connectivity index (χ0) is 85.3. The molecule has 6 aliphatic rings. The van der Waals surface area contributed by atoms with Crippen molar-refractivity contribution >= 4 is 70.7 Å². The molecule has 652 valence electrons. The summed E-state index contributed by atoms with van der Waals surface area (Å²) in [6.45, 7) is 4.04. The minimum Gasteiger partial charge on any atom is -0.481 e. The number of benzene rings is 8. The van der Waals surface area contributed by atoms with Gasteiger partial charge in [-0.05, 0) is 33.4 Å². The number of aliphatic carboxylic acids is 1. The molecule has 6 aliphatic heterocycles. The van der Waals surface area contributed by atoms with Gasteiger partial charge in [0.25, 0.3) is 5.97 Å². The number of hydrogen-bond acceptors (Lipinski definition) is 27. The van der Waals surface area contributed by atoms with E-state index in [0.29, 0.717) is 64.4 Å². The normalized spacial score (nSPS) is 26.8. The van der Waals surface area contributed by atoms with Gasteiger partial charge in [0.05, 0.1) is 103 Å². The number of carboxylic acids is 1. The summed E-state index contributed by atoms with van der Waals surface area (Å²) in [5.74, 6) is 1.24. The summed E-state index contributed by atoms with van der Waals surface area (Å²) in [7, 11) is -14.7. The Labute approximate surface area is 710 Å². The van der Waals surface area contributed by atoms with E-state index in [1.54, 1.807) is 0 Å². The topological polar surface area (TPSA) is 411 Å². The zero-order valence-corrected chi connectivity index (χ0v) is 70.6. The molecule has 8 N–H and O–H groups in total. The molecule has 29 nitrogen and oxygen atoms in total. The zero-order valence-electron chi connectivity index (χ0n) is 65.7. The third-order valence-corrected chi connectivity index (χ3v) is 28.2. The fraction of sp³-hybridized carbons (Fsp3) is 0.424. The third kappa shape index (κ3) is 32.1. The molecule has 6 saturated heterocycles. The van der Waals surface area contributed by atoms with Gasteiger partial charge >= 0.3 is 31.2 Å². The van der Waals surface area contributed by atoms with Crippen LogP contribution in [-0.2, 0) is 162 Å². The summed E-state index contributed by atoms with van der Waals surface area (Å²) in [5, 5.41) is 54.0. The van der Waals surface area contributed by atoms with Crippen LogP contribution in [0.3, 0.4) is 0 Å². The number of carbonyl (C=O) groups is 1. The van der Waals surface area contributed by atoms with Crippen LogP contribution in [0.5, 0.6) is 0 Å². The maximum atomic E-state index is 11.9. The Morgan fingerprint density at radius 1 is 0.517 bits per heavy atom. The predicted molar refractivity (Wildman–Crippen MR) is 448 cm³/mol. The van der Waals surface area contributed by atoms with Crippen LogP contribution in [0.15, 0.2) is 243 Å². The van der Waals surface area contributed by atoms with Crippen LogP contribution >= 0.6 is 11.8 Å². The van der Waals surface area contributed by atoms with Gasteiger partial charge in [-0.1, -0.05) is 243 Å². The summed E-state index contributed by atoms with van der Waals surface area (Å²) in [6.07, 6.45) is -9.67. The molecule has 5 unspecified atom stereocenters. The molecule has 8 aromatic carbocycles. The van der Waals surface area contributed by atoms with Gasteiger partial charge in [0.2, 0.25) is 0 Å². The number of rotatable bonds is 33. The van der Waals surface area contributed by atoms with Gasteiger partial charge in [0.15, 0.2) is 23.1 Å². The lowest BCUT2D eigenvalue weighted by molar-refractivity contribution is -0.264. The van der Waals surface area contributed by atoms with Crippen molar-refractivity contribution in [2.24, 2.45) is 0 Å². The summed E-state index contributed by atoms with van der Waals surface area (Å²) < 4.78 is 166. The molecular weight excluding hydrogens is 1680 g/mol. The van der Waals surface area contributed by atoms with E-state index in [4.69, 9.17) is 80.4 Å². The molecule has 14 rings (SSSR count). The molecule has 8 aromatic rings.